The van der Waals surface area contributed by atoms with Crippen molar-refractivity contribution in [3.05, 3.63) is 59.1 Å². The Morgan fingerprint density at radius 1 is 1.08 bits per heavy atom. The number of furan rings is 1. The van der Waals surface area contributed by atoms with Crippen molar-refractivity contribution in [2.75, 3.05) is 10.6 Å². The second-order valence-electron chi connectivity index (χ2n) is 6.29. The third kappa shape index (κ3) is 3.74. The summed E-state index contributed by atoms with van der Waals surface area (Å²) >= 11 is 0. The summed E-state index contributed by atoms with van der Waals surface area (Å²) in [7, 11) is 0. The molecule has 2 N–H and O–H groups in total. The van der Waals surface area contributed by atoms with Crippen LogP contribution in [0.25, 0.3) is 11.0 Å². The summed E-state index contributed by atoms with van der Waals surface area (Å²) in [4.78, 5) is 23.5. The van der Waals surface area contributed by atoms with Gasteiger partial charge in [-0.1, -0.05) is 0 Å². The maximum Gasteiger partial charge on any atom is 0.228 e. The number of rotatable bonds is 4. The number of aryl methyl sites for hydroxylation is 2. The number of fused-ring (bicyclic) bond motifs is 1. The van der Waals surface area contributed by atoms with E-state index in [2.05, 4.69) is 10.6 Å². The van der Waals surface area contributed by atoms with Crippen LogP contribution >= 0.6 is 0 Å². The molecule has 0 saturated carbocycles. The van der Waals surface area contributed by atoms with Gasteiger partial charge in [0, 0.05) is 23.6 Å². The molecule has 0 unspecified atom stereocenters. The first-order valence-corrected chi connectivity index (χ1v) is 8.18. The highest BCUT2D eigenvalue weighted by Gasteiger charge is 2.13. The van der Waals surface area contributed by atoms with Crippen molar-refractivity contribution in [2.24, 2.45) is 0 Å². The summed E-state index contributed by atoms with van der Waals surface area (Å²) in [5.74, 6) is -1.21. The van der Waals surface area contributed by atoms with E-state index in [9.17, 15) is 14.0 Å². The Morgan fingerprint density at radius 2 is 1.81 bits per heavy atom. The Kier molecular flexibility index (Phi) is 4.75. The van der Waals surface area contributed by atoms with Crippen LogP contribution in [-0.4, -0.2) is 11.8 Å². The number of nitrogens with one attached hydrogen (secondary N) is 2. The minimum Gasteiger partial charge on any atom is -0.464 e. The second-order valence-corrected chi connectivity index (χ2v) is 6.29. The summed E-state index contributed by atoms with van der Waals surface area (Å²) in [6.45, 7) is 5.30. The predicted octanol–water partition coefficient (Wildman–Crippen LogP) is 4.33. The minimum absolute atomic E-state index is 0.0233. The van der Waals surface area contributed by atoms with E-state index in [1.807, 2.05) is 26.0 Å². The van der Waals surface area contributed by atoms with Crippen LogP contribution in [0.5, 0.6) is 0 Å². The van der Waals surface area contributed by atoms with Gasteiger partial charge < -0.3 is 15.1 Å². The van der Waals surface area contributed by atoms with E-state index in [4.69, 9.17) is 4.42 Å². The summed E-state index contributed by atoms with van der Waals surface area (Å²) in [5, 5.41) is 6.00. The zero-order valence-electron chi connectivity index (χ0n) is 14.8. The average molecular weight is 354 g/mol. The van der Waals surface area contributed by atoms with Crippen molar-refractivity contribution in [1.29, 1.82) is 0 Å². The number of amides is 2. The number of benzene rings is 2. The predicted molar refractivity (Wildman–Crippen MR) is 98.7 cm³/mol. The fourth-order valence-corrected chi connectivity index (χ4v) is 2.74. The second kappa shape index (κ2) is 7.00. The minimum atomic E-state index is -0.565. The van der Waals surface area contributed by atoms with E-state index < -0.39 is 5.82 Å². The van der Waals surface area contributed by atoms with Crippen LogP contribution in [0.2, 0.25) is 0 Å². The number of hydrogen-bond donors (Lipinski definition) is 2. The molecule has 0 radical (unpaired) electrons. The molecular weight excluding hydrogens is 335 g/mol. The summed E-state index contributed by atoms with van der Waals surface area (Å²) in [6.07, 6.45) is 1.71. The fraction of sp³-hybridized carbons (Fsp3) is 0.200. The topological polar surface area (TPSA) is 71.3 Å². The Bertz CT molecular complexity index is 1010. The molecule has 26 heavy (non-hydrogen) atoms. The molecule has 5 nitrogen and oxygen atoms in total. The van der Waals surface area contributed by atoms with Crippen molar-refractivity contribution in [2.45, 2.75) is 27.2 Å². The van der Waals surface area contributed by atoms with Crippen molar-refractivity contribution in [3.8, 4) is 0 Å². The highest BCUT2D eigenvalue weighted by atomic mass is 19.1. The molecule has 0 fully saturated rings. The van der Waals surface area contributed by atoms with Gasteiger partial charge in [-0.25, -0.2) is 4.39 Å². The first-order chi connectivity index (χ1) is 12.3. The van der Waals surface area contributed by atoms with Gasteiger partial charge in [0.2, 0.25) is 11.8 Å². The lowest BCUT2D eigenvalue weighted by atomic mass is 10.0. The van der Waals surface area contributed by atoms with Crippen molar-refractivity contribution >= 4 is 34.2 Å². The quantitative estimate of drug-likeness (QED) is 0.733. The Hall–Kier alpha value is -3.15. The van der Waals surface area contributed by atoms with Crippen LogP contribution in [0.4, 0.5) is 15.8 Å². The third-order valence-corrected chi connectivity index (χ3v) is 4.18. The fourth-order valence-electron chi connectivity index (χ4n) is 2.74. The Morgan fingerprint density at radius 3 is 2.54 bits per heavy atom. The maximum absolute atomic E-state index is 13.7. The monoisotopic (exact) mass is 354 g/mol. The van der Waals surface area contributed by atoms with Gasteiger partial charge in [-0.05, 0) is 55.3 Å². The molecular formula is C20H19FN2O3. The summed E-state index contributed by atoms with van der Waals surface area (Å²) < 4.78 is 19.2. The SMILES string of the molecule is CC(=O)Nc1cc(NC(=O)Cc2coc3cc(C)c(C)cc23)ccc1F. The molecule has 0 aliphatic heterocycles. The van der Waals surface area contributed by atoms with Crippen LogP contribution < -0.4 is 10.6 Å². The molecule has 0 saturated heterocycles. The van der Waals surface area contributed by atoms with Crippen molar-refractivity contribution < 1.29 is 18.4 Å². The molecule has 2 aromatic carbocycles. The molecule has 0 aliphatic rings. The van der Waals surface area contributed by atoms with Gasteiger partial charge in [0.05, 0.1) is 18.4 Å². The van der Waals surface area contributed by atoms with Crippen molar-refractivity contribution in [1.82, 2.24) is 0 Å². The third-order valence-electron chi connectivity index (χ3n) is 4.18. The molecule has 2 amide bonds. The van der Waals surface area contributed by atoms with Crippen LogP contribution in [-0.2, 0) is 16.0 Å². The lowest BCUT2D eigenvalue weighted by Gasteiger charge is -2.09. The van der Waals surface area contributed by atoms with Gasteiger partial charge in [0.25, 0.3) is 0 Å². The lowest BCUT2D eigenvalue weighted by molar-refractivity contribution is -0.115. The summed E-state index contributed by atoms with van der Waals surface area (Å²) in [5.41, 5.74) is 4.20. The van der Waals surface area contributed by atoms with Gasteiger partial charge in [-0.15, -0.1) is 0 Å². The van der Waals surface area contributed by atoms with E-state index in [-0.39, 0.29) is 23.9 Å². The average Bonchev–Trinajstić information content (AvgIpc) is 2.92. The number of hydrogen-bond acceptors (Lipinski definition) is 3. The molecule has 0 spiro atoms. The molecule has 3 aromatic rings. The smallest absolute Gasteiger partial charge is 0.228 e. The molecule has 6 heteroatoms. The molecule has 1 aromatic heterocycles. The Labute approximate surface area is 150 Å². The number of halogens is 1. The van der Waals surface area contributed by atoms with Crippen LogP contribution in [0, 0.1) is 19.7 Å². The van der Waals surface area contributed by atoms with Gasteiger partial charge >= 0.3 is 0 Å². The zero-order valence-corrected chi connectivity index (χ0v) is 14.8. The van der Waals surface area contributed by atoms with Gasteiger partial charge in [0.15, 0.2) is 0 Å². The highest BCUT2D eigenvalue weighted by molar-refractivity contribution is 5.96. The van der Waals surface area contributed by atoms with E-state index in [1.54, 1.807) is 6.26 Å². The van der Waals surface area contributed by atoms with Crippen LogP contribution in [0.1, 0.15) is 23.6 Å². The molecule has 134 valence electrons. The van der Waals surface area contributed by atoms with Crippen molar-refractivity contribution in [3.63, 3.8) is 0 Å². The first kappa shape index (κ1) is 17.7. The normalized spacial score (nSPS) is 10.8. The van der Waals surface area contributed by atoms with Crippen LogP contribution in [0.15, 0.2) is 41.0 Å². The Balaban J connectivity index is 1.77. The molecule has 0 aliphatic carbocycles. The molecule has 3 rings (SSSR count). The number of anilines is 2. The van der Waals surface area contributed by atoms with E-state index in [0.29, 0.717) is 5.69 Å². The number of carbonyl (C=O) groups is 2. The first-order valence-electron chi connectivity index (χ1n) is 8.18. The van der Waals surface area contributed by atoms with E-state index in [1.165, 1.54) is 25.1 Å². The van der Waals surface area contributed by atoms with Gasteiger partial charge in [0.1, 0.15) is 11.4 Å². The number of carbonyl (C=O) groups excluding carboxylic acids is 2. The van der Waals surface area contributed by atoms with E-state index >= 15 is 0 Å². The standard InChI is InChI=1S/C20H19FN2O3/c1-11-6-16-14(10-26-19(16)7-12(11)2)8-20(25)23-15-4-5-17(21)18(9-15)22-13(3)24/h4-7,9-10H,8H2,1-3H3,(H,22,24)(H,23,25). The molecule has 1 heterocycles. The lowest BCUT2D eigenvalue weighted by Crippen LogP contribution is -2.15. The maximum atomic E-state index is 13.7. The summed E-state index contributed by atoms with van der Waals surface area (Å²) in [6, 6.07) is 7.98. The zero-order chi connectivity index (χ0) is 18.8. The molecule has 0 atom stereocenters. The molecule has 0 bridgehead atoms. The van der Waals surface area contributed by atoms with Gasteiger partial charge in [-0.3, -0.25) is 9.59 Å². The van der Waals surface area contributed by atoms with Crippen LogP contribution in [0.3, 0.4) is 0 Å². The van der Waals surface area contributed by atoms with E-state index in [0.717, 1.165) is 27.7 Å². The van der Waals surface area contributed by atoms with Gasteiger partial charge in [-0.2, -0.15) is 0 Å². The highest BCUT2D eigenvalue weighted by Crippen LogP contribution is 2.26. The largest absolute Gasteiger partial charge is 0.464 e.